The predicted molar refractivity (Wildman–Crippen MR) is 88.8 cm³/mol. The van der Waals surface area contributed by atoms with Crippen molar-refractivity contribution in [2.45, 2.75) is 0 Å². The summed E-state index contributed by atoms with van der Waals surface area (Å²) in [5.41, 5.74) is 6.69. The first-order valence-electron chi connectivity index (χ1n) is 6.64. The summed E-state index contributed by atoms with van der Waals surface area (Å²) >= 11 is 6.50. The first kappa shape index (κ1) is 14.2. The zero-order chi connectivity index (χ0) is 14.8. The Morgan fingerprint density at radius 3 is 2.52 bits per heavy atom. The number of aromatic nitrogens is 1. The van der Waals surface area contributed by atoms with Gasteiger partial charge in [0.2, 0.25) is 0 Å². The van der Waals surface area contributed by atoms with Gasteiger partial charge in [-0.05, 0) is 18.2 Å². The lowest BCUT2D eigenvalue weighted by molar-refractivity contribution is 0.597. The van der Waals surface area contributed by atoms with E-state index in [9.17, 15) is 4.39 Å². The number of anilines is 2. The van der Waals surface area contributed by atoms with Gasteiger partial charge in [-0.2, -0.15) is 0 Å². The van der Waals surface area contributed by atoms with Crippen molar-refractivity contribution in [3.63, 3.8) is 0 Å². The van der Waals surface area contributed by atoms with Gasteiger partial charge >= 0.3 is 0 Å². The maximum Gasteiger partial charge on any atom is 0.185 e. The van der Waals surface area contributed by atoms with Gasteiger partial charge in [0.1, 0.15) is 10.8 Å². The molecule has 1 saturated heterocycles. The van der Waals surface area contributed by atoms with E-state index in [2.05, 4.69) is 9.88 Å². The highest BCUT2D eigenvalue weighted by Gasteiger charge is 2.21. The third kappa shape index (κ3) is 2.98. The summed E-state index contributed by atoms with van der Waals surface area (Å²) in [6.45, 7) is 3.21. The van der Waals surface area contributed by atoms with E-state index in [0.29, 0.717) is 11.3 Å². The molecule has 1 fully saturated rings. The van der Waals surface area contributed by atoms with Crippen LogP contribution < -0.4 is 15.5 Å². The first-order valence-corrected chi connectivity index (χ1v) is 7.92. The molecule has 0 spiro atoms. The molecule has 21 heavy (non-hydrogen) atoms. The Kier molecular flexibility index (Phi) is 4.03. The molecule has 0 bridgehead atoms. The van der Waals surface area contributed by atoms with E-state index in [1.165, 1.54) is 6.07 Å². The zero-order valence-corrected chi connectivity index (χ0v) is 13.0. The Morgan fingerprint density at radius 2 is 1.95 bits per heavy atom. The lowest BCUT2D eigenvalue weighted by Crippen LogP contribution is -2.46. The summed E-state index contributed by atoms with van der Waals surface area (Å²) in [7, 11) is 0. The van der Waals surface area contributed by atoms with Gasteiger partial charge in [0.15, 0.2) is 5.13 Å². The minimum absolute atomic E-state index is 0.217. The Hall–Kier alpha value is -1.73. The van der Waals surface area contributed by atoms with Crippen LogP contribution in [0.5, 0.6) is 0 Å². The van der Waals surface area contributed by atoms with Gasteiger partial charge in [0.05, 0.1) is 5.69 Å². The highest BCUT2D eigenvalue weighted by Crippen LogP contribution is 2.24. The predicted octanol–water partition coefficient (Wildman–Crippen LogP) is 2.24. The number of piperazine rings is 1. The number of rotatable bonds is 3. The number of nitrogens with zero attached hydrogens (tertiary/aromatic N) is 3. The number of benzene rings is 1. The molecule has 0 radical (unpaired) electrons. The average Bonchev–Trinajstić information content (AvgIpc) is 3.01. The number of thiocarbonyl (C=S) groups is 1. The third-order valence-corrected chi connectivity index (χ3v) is 4.61. The van der Waals surface area contributed by atoms with Crippen molar-refractivity contribution in [2.75, 3.05) is 36.0 Å². The van der Waals surface area contributed by atoms with Crippen molar-refractivity contribution >= 4 is 39.4 Å². The molecule has 1 aliphatic rings. The maximum atomic E-state index is 14.2. The molecule has 1 aromatic heterocycles. The van der Waals surface area contributed by atoms with Crippen LogP contribution in [0.15, 0.2) is 29.8 Å². The van der Waals surface area contributed by atoms with Crippen LogP contribution in [0.3, 0.4) is 0 Å². The van der Waals surface area contributed by atoms with E-state index in [1.807, 2.05) is 10.3 Å². The zero-order valence-electron chi connectivity index (χ0n) is 11.3. The van der Waals surface area contributed by atoms with Crippen LogP contribution in [-0.2, 0) is 0 Å². The van der Waals surface area contributed by atoms with Gasteiger partial charge < -0.3 is 15.5 Å². The number of halogens is 1. The minimum atomic E-state index is -0.275. The second kappa shape index (κ2) is 5.95. The molecule has 2 N–H and O–H groups in total. The smallest absolute Gasteiger partial charge is 0.185 e. The fraction of sp³-hybridized carbons (Fsp3) is 0.286. The van der Waals surface area contributed by atoms with Crippen molar-refractivity contribution in [3.8, 4) is 0 Å². The summed E-state index contributed by atoms with van der Waals surface area (Å²) in [5.74, 6) is -0.275. The van der Waals surface area contributed by atoms with Crippen LogP contribution >= 0.6 is 23.6 Å². The van der Waals surface area contributed by atoms with E-state index in [0.717, 1.165) is 31.3 Å². The molecule has 3 rings (SSSR count). The lowest BCUT2D eigenvalue weighted by Gasteiger charge is -2.36. The Morgan fingerprint density at radius 1 is 1.24 bits per heavy atom. The molecule has 110 valence electrons. The molecular formula is C14H15FN4S2. The van der Waals surface area contributed by atoms with Crippen LogP contribution in [0, 0.1) is 5.82 Å². The molecule has 0 unspecified atom stereocenters. The number of nitrogens with two attached hydrogens (primary N) is 1. The van der Waals surface area contributed by atoms with Gasteiger partial charge in [-0.1, -0.05) is 12.2 Å². The summed E-state index contributed by atoms with van der Waals surface area (Å²) in [6.07, 6.45) is 1.81. The van der Waals surface area contributed by atoms with E-state index in [1.54, 1.807) is 29.7 Å². The fourth-order valence-electron chi connectivity index (χ4n) is 2.43. The monoisotopic (exact) mass is 322 g/mol. The van der Waals surface area contributed by atoms with Crippen molar-refractivity contribution in [2.24, 2.45) is 5.73 Å². The summed E-state index contributed by atoms with van der Waals surface area (Å²) in [6, 6.07) is 4.93. The molecular weight excluding hydrogens is 307 g/mol. The van der Waals surface area contributed by atoms with Crippen molar-refractivity contribution in [1.82, 2.24) is 4.98 Å². The summed E-state index contributed by atoms with van der Waals surface area (Å²) in [5, 5.41) is 2.99. The van der Waals surface area contributed by atoms with E-state index >= 15 is 0 Å². The number of thiazole rings is 1. The van der Waals surface area contributed by atoms with Gasteiger partial charge in [0, 0.05) is 43.3 Å². The maximum absolute atomic E-state index is 14.2. The fourth-order valence-corrected chi connectivity index (χ4v) is 3.25. The molecule has 0 amide bonds. The molecule has 4 nitrogen and oxygen atoms in total. The van der Waals surface area contributed by atoms with Crippen molar-refractivity contribution in [3.05, 3.63) is 41.2 Å². The van der Waals surface area contributed by atoms with E-state index in [-0.39, 0.29) is 10.8 Å². The molecule has 1 aromatic carbocycles. The largest absolute Gasteiger partial charge is 0.389 e. The highest BCUT2D eigenvalue weighted by molar-refractivity contribution is 7.80. The normalized spacial score (nSPS) is 15.3. The van der Waals surface area contributed by atoms with Gasteiger partial charge in [0.25, 0.3) is 0 Å². The molecule has 2 aromatic rings. The van der Waals surface area contributed by atoms with Crippen LogP contribution in [0.4, 0.5) is 15.2 Å². The quantitative estimate of drug-likeness (QED) is 0.878. The number of hydrogen-bond acceptors (Lipinski definition) is 5. The molecule has 0 aliphatic carbocycles. The van der Waals surface area contributed by atoms with Crippen molar-refractivity contribution in [1.29, 1.82) is 0 Å². The average molecular weight is 322 g/mol. The molecule has 2 heterocycles. The van der Waals surface area contributed by atoms with Gasteiger partial charge in [-0.25, -0.2) is 9.37 Å². The summed E-state index contributed by atoms with van der Waals surface area (Å²) < 4.78 is 14.2. The SMILES string of the molecule is NC(=S)c1ccc(N2CCN(c3nccs3)CC2)c(F)c1. The van der Waals surface area contributed by atoms with Crippen LogP contribution in [0.25, 0.3) is 0 Å². The number of hydrogen-bond donors (Lipinski definition) is 1. The second-order valence-electron chi connectivity index (χ2n) is 4.82. The van der Waals surface area contributed by atoms with Crippen LogP contribution in [0.2, 0.25) is 0 Å². The Labute approximate surface area is 132 Å². The standard InChI is InChI=1S/C14H15FN4S2/c15-11-9-10(13(16)20)1-2-12(11)18-4-6-19(7-5-18)14-17-3-8-21-14/h1-3,8-9H,4-7H2,(H2,16,20). The van der Waals surface area contributed by atoms with Crippen LogP contribution in [-0.4, -0.2) is 36.2 Å². The van der Waals surface area contributed by atoms with E-state index in [4.69, 9.17) is 18.0 Å². The Balaban J connectivity index is 1.71. The second-order valence-corrected chi connectivity index (χ2v) is 6.13. The lowest BCUT2D eigenvalue weighted by atomic mass is 10.1. The Bertz CT molecular complexity index is 636. The molecule has 0 saturated carbocycles. The molecule has 0 atom stereocenters. The van der Waals surface area contributed by atoms with Crippen molar-refractivity contribution < 1.29 is 4.39 Å². The first-order chi connectivity index (χ1) is 10.1. The van der Waals surface area contributed by atoms with Gasteiger partial charge in [-0.15, -0.1) is 11.3 Å². The minimum Gasteiger partial charge on any atom is -0.389 e. The molecule has 1 aliphatic heterocycles. The topological polar surface area (TPSA) is 45.4 Å². The van der Waals surface area contributed by atoms with Gasteiger partial charge in [-0.3, -0.25) is 0 Å². The highest BCUT2D eigenvalue weighted by atomic mass is 32.1. The molecule has 7 heteroatoms. The third-order valence-electron chi connectivity index (χ3n) is 3.54. The van der Waals surface area contributed by atoms with E-state index < -0.39 is 0 Å². The van der Waals surface area contributed by atoms with Crippen LogP contribution in [0.1, 0.15) is 5.56 Å². The summed E-state index contributed by atoms with van der Waals surface area (Å²) in [4.78, 5) is 8.80.